The van der Waals surface area contributed by atoms with Crippen molar-refractivity contribution >= 4 is 33.3 Å². The van der Waals surface area contributed by atoms with E-state index < -0.39 is 0 Å². The summed E-state index contributed by atoms with van der Waals surface area (Å²) in [6.07, 6.45) is 0. The molecule has 0 unspecified atom stereocenters. The van der Waals surface area contributed by atoms with E-state index in [1.165, 1.54) is 6.92 Å². The monoisotopic (exact) mass is 404 g/mol. The molecule has 0 aliphatic heterocycles. The molecular weight excluding hydrogens is 384 g/mol. The molecule has 25 heavy (non-hydrogen) atoms. The van der Waals surface area contributed by atoms with Crippen LogP contribution >= 0.6 is 15.9 Å². The Balaban J connectivity index is 1.96. The minimum atomic E-state index is -0.201. The van der Waals surface area contributed by atoms with Gasteiger partial charge in [-0.3, -0.25) is 9.59 Å². The van der Waals surface area contributed by atoms with Crippen LogP contribution < -0.4 is 15.4 Å². The van der Waals surface area contributed by atoms with Crippen molar-refractivity contribution in [2.24, 2.45) is 0 Å². The molecule has 1 atom stereocenters. The van der Waals surface area contributed by atoms with Gasteiger partial charge in [0.2, 0.25) is 5.91 Å². The first-order valence-corrected chi connectivity index (χ1v) is 8.68. The van der Waals surface area contributed by atoms with Crippen LogP contribution in [-0.2, 0) is 4.79 Å². The molecule has 6 heteroatoms. The van der Waals surface area contributed by atoms with Gasteiger partial charge in [0.1, 0.15) is 5.75 Å². The summed E-state index contributed by atoms with van der Waals surface area (Å²) in [6, 6.07) is 12.7. The van der Waals surface area contributed by atoms with Crippen molar-refractivity contribution in [1.29, 1.82) is 0 Å². The number of benzene rings is 2. The number of amides is 1. The highest BCUT2D eigenvalue weighted by Gasteiger charge is 2.12. The second kappa shape index (κ2) is 8.78. The predicted molar refractivity (Wildman–Crippen MR) is 102 cm³/mol. The number of hydrogen-bond donors (Lipinski definition) is 2. The fourth-order valence-corrected chi connectivity index (χ4v) is 2.97. The Hall–Kier alpha value is -2.18. The molecule has 2 aromatic carbocycles. The summed E-state index contributed by atoms with van der Waals surface area (Å²) < 4.78 is 6.08. The number of ether oxygens (including phenoxy) is 1. The topological polar surface area (TPSA) is 67.4 Å². The number of carbonyl (C=O) groups is 2. The van der Waals surface area contributed by atoms with Gasteiger partial charge in [-0.05, 0) is 59.6 Å². The van der Waals surface area contributed by atoms with Crippen molar-refractivity contribution in [3.8, 4) is 5.75 Å². The largest absolute Gasteiger partial charge is 0.496 e. The summed E-state index contributed by atoms with van der Waals surface area (Å²) in [6.45, 7) is 3.59. The number of nitrogens with one attached hydrogen (secondary N) is 2. The van der Waals surface area contributed by atoms with Crippen LogP contribution in [0.3, 0.4) is 0 Å². The molecule has 2 N–H and O–H groups in total. The summed E-state index contributed by atoms with van der Waals surface area (Å²) in [5.74, 6) is 0.475. The molecular formula is C19H21BrN2O3. The molecule has 5 nitrogen and oxygen atoms in total. The van der Waals surface area contributed by atoms with Gasteiger partial charge >= 0.3 is 0 Å². The lowest BCUT2D eigenvalue weighted by Gasteiger charge is -2.16. The lowest BCUT2D eigenvalue weighted by molar-refractivity contribution is -0.115. The third kappa shape index (κ3) is 5.14. The number of ketones is 1. The molecule has 0 bridgehead atoms. The number of para-hydroxylation sites is 1. The van der Waals surface area contributed by atoms with Crippen molar-refractivity contribution in [2.75, 3.05) is 19.0 Å². The Morgan fingerprint density at radius 3 is 2.56 bits per heavy atom. The van der Waals surface area contributed by atoms with Crippen molar-refractivity contribution in [3.05, 3.63) is 58.1 Å². The first-order chi connectivity index (χ1) is 11.9. The number of anilines is 1. The van der Waals surface area contributed by atoms with Gasteiger partial charge in [0.15, 0.2) is 5.78 Å². The van der Waals surface area contributed by atoms with Crippen molar-refractivity contribution in [1.82, 2.24) is 5.32 Å². The zero-order valence-corrected chi connectivity index (χ0v) is 16.0. The van der Waals surface area contributed by atoms with E-state index in [0.717, 1.165) is 15.8 Å². The Kier molecular flexibility index (Phi) is 6.73. The van der Waals surface area contributed by atoms with Gasteiger partial charge in [-0.15, -0.1) is 0 Å². The second-order valence-electron chi connectivity index (χ2n) is 5.65. The molecule has 0 fully saturated rings. The van der Waals surface area contributed by atoms with Crippen LogP contribution in [-0.4, -0.2) is 25.3 Å². The third-order valence-electron chi connectivity index (χ3n) is 3.83. The molecule has 0 aliphatic carbocycles. The molecule has 0 aromatic heterocycles. The van der Waals surface area contributed by atoms with Gasteiger partial charge < -0.3 is 15.4 Å². The number of carbonyl (C=O) groups excluding carboxylic acids is 2. The Morgan fingerprint density at radius 1 is 1.20 bits per heavy atom. The van der Waals surface area contributed by atoms with Crippen LogP contribution in [0.1, 0.15) is 35.8 Å². The number of hydrogen-bond acceptors (Lipinski definition) is 4. The summed E-state index contributed by atoms with van der Waals surface area (Å²) in [5.41, 5.74) is 2.06. The fourth-order valence-electron chi connectivity index (χ4n) is 2.41. The fraction of sp³-hybridized carbons (Fsp3) is 0.263. The third-order valence-corrected chi connectivity index (χ3v) is 4.44. The molecule has 132 valence electrons. The van der Waals surface area contributed by atoms with Crippen molar-refractivity contribution < 1.29 is 14.3 Å². The van der Waals surface area contributed by atoms with Crippen molar-refractivity contribution in [2.45, 2.75) is 19.9 Å². The number of Topliss-reactive ketones (excluding diaryl/α,β-unsaturated/α-hetero) is 1. The molecule has 0 aliphatic rings. The molecule has 0 heterocycles. The quantitative estimate of drug-likeness (QED) is 0.685. The van der Waals surface area contributed by atoms with E-state index in [-0.39, 0.29) is 24.3 Å². The van der Waals surface area contributed by atoms with Gasteiger partial charge in [-0.2, -0.15) is 0 Å². The first-order valence-electron chi connectivity index (χ1n) is 7.89. The average Bonchev–Trinajstić information content (AvgIpc) is 2.59. The zero-order chi connectivity index (χ0) is 18.4. The van der Waals surface area contributed by atoms with E-state index in [1.54, 1.807) is 31.4 Å². The van der Waals surface area contributed by atoms with E-state index in [1.807, 2.05) is 25.1 Å². The van der Waals surface area contributed by atoms with E-state index in [4.69, 9.17) is 4.74 Å². The smallest absolute Gasteiger partial charge is 0.238 e. The number of rotatable bonds is 7. The number of halogens is 1. The van der Waals surface area contributed by atoms with E-state index in [9.17, 15) is 9.59 Å². The van der Waals surface area contributed by atoms with Crippen molar-refractivity contribution in [3.63, 3.8) is 0 Å². The van der Waals surface area contributed by atoms with E-state index >= 15 is 0 Å². The summed E-state index contributed by atoms with van der Waals surface area (Å²) in [4.78, 5) is 23.8. The molecule has 0 radical (unpaired) electrons. The molecule has 2 rings (SSSR count). The first kappa shape index (κ1) is 19.1. The van der Waals surface area contributed by atoms with Gasteiger partial charge in [0.05, 0.1) is 23.8 Å². The minimum Gasteiger partial charge on any atom is -0.496 e. The molecule has 0 saturated heterocycles. The van der Waals surface area contributed by atoms with Crippen LogP contribution in [0, 0.1) is 0 Å². The highest BCUT2D eigenvalue weighted by molar-refractivity contribution is 9.10. The Labute approximate surface area is 155 Å². The Morgan fingerprint density at radius 2 is 1.92 bits per heavy atom. The highest BCUT2D eigenvalue weighted by Crippen LogP contribution is 2.27. The molecule has 0 spiro atoms. The maximum Gasteiger partial charge on any atom is 0.238 e. The summed E-state index contributed by atoms with van der Waals surface area (Å²) >= 11 is 3.46. The maximum atomic E-state index is 12.2. The molecule has 0 saturated carbocycles. The van der Waals surface area contributed by atoms with Gasteiger partial charge in [-0.1, -0.05) is 18.2 Å². The maximum absolute atomic E-state index is 12.2. The molecule has 2 aromatic rings. The minimum absolute atomic E-state index is 0.0176. The van der Waals surface area contributed by atoms with Crippen LogP contribution in [0.15, 0.2) is 46.9 Å². The van der Waals surface area contributed by atoms with E-state index in [0.29, 0.717) is 11.3 Å². The second-order valence-corrected chi connectivity index (χ2v) is 6.50. The van der Waals surface area contributed by atoms with Crippen LogP contribution in [0.25, 0.3) is 0 Å². The van der Waals surface area contributed by atoms with Crippen LogP contribution in [0.2, 0.25) is 0 Å². The number of methoxy groups -OCH3 is 1. The standard InChI is InChI=1S/C19H21BrN2O3/c1-12(14-8-9-18(25-3)16(20)10-14)21-11-19(24)22-17-7-5-4-6-15(17)13(2)23/h4-10,12,21H,11H2,1-3H3,(H,22,24)/t12-/m1/s1. The zero-order valence-electron chi connectivity index (χ0n) is 14.4. The highest BCUT2D eigenvalue weighted by atomic mass is 79.9. The van der Waals surface area contributed by atoms with E-state index in [2.05, 4.69) is 26.6 Å². The van der Waals surface area contributed by atoms with Gasteiger partial charge in [0.25, 0.3) is 0 Å². The summed E-state index contributed by atoms with van der Waals surface area (Å²) in [5, 5.41) is 5.95. The molecule has 1 amide bonds. The summed E-state index contributed by atoms with van der Waals surface area (Å²) in [7, 11) is 1.62. The van der Waals surface area contributed by atoms with Crippen LogP contribution in [0.5, 0.6) is 5.75 Å². The predicted octanol–water partition coefficient (Wildman–Crippen LogP) is 3.95. The normalized spacial score (nSPS) is 11.7. The van der Waals surface area contributed by atoms with Crippen LogP contribution in [0.4, 0.5) is 5.69 Å². The lowest BCUT2D eigenvalue weighted by atomic mass is 10.1. The average molecular weight is 405 g/mol. The Bertz CT molecular complexity index is 777. The van der Waals surface area contributed by atoms with Gasteiger partial charge in [0, 0.05) is 11.6 Å². The van der Waals surface area contributed by atoms with Gasteiger partial charge in [-0.25, -0.2) is 0 Å². The lowest BCUT2D eigenvalue weighted by Crippen LogP contribution is -2.30. The SMILES string of the molecule is COc1ccc([C@@H](C)NCC(=O)Nc2ccccc2C(C)=O)cc1Br.